The Morgan fingerprint density at radius 3 is 1.72 bits per heavy atom. The van der Waals surface area contributed by atoms with Gasteiger partial charge >= 0.3 is 0 Å². The van der Waals surface area contributed by atoms with Gasteiger partial charge in [-0.1, -0.05) is 91.7 Å². The Labute approximate surface area is 157 Å². The minimum Gasteiger partial charge on any atom is -0.259 e. The molecule has 0 aliphatic heterocycles. The normalized spacial score (nSPS) is 11.9. The first-order valence-electron chi connectivity index (χ1n) is 9.13. The molecule has 0 bridgehead atoms. The second-order valence-corrected chi connectivity index (χ2v) is 3.64. The van der Waals surface area contributed by atoms with Crippen LogP contribution in [0.4, 0.5) is 0 Å². The molecule has 0 aliphatic carbocycles. The lowest BCUT2D eigenvalue weighted by Crippen LogP contribution is -2.06. The summed E-state index contributed by atoms with van der Waals surface area (Å²) in [6, 6.07) is 0. The first kappa shape index (κ1) is 30.6. The van der Waals surface area contributed by atoms with E-state index in [1.165, 1.54) is 6.20 Å². The first-order chi connectivity index (χ1) is 12.2. The minimum atomic E-state index is 0.735. The lowest BCUT2D eigenvalue weighted by atomic mass is 10.0. The summed E-state index contributed by atoms with van der Waals surface area (Å²) in [6.07, 6.45) is 12.5. The van der Waals surface area contributed by atoms with E-state index in [1.807, 2.05) is 80.5 Å². The molecular weight excluding hydrogens is 304 g/mol. The number of hydrogen-bond acceptors (Lipinski definition) is 2. The smallest absolute Gasteiger partial charge is 0.0960 e. The molecule has 0 spiro atoms. The summed E-state index contributed by atoms with van der Waals surface area (Å²) in [5, 5.41) is 0. The maximum absolute atomic E-state index is 4.41. The maximum Gasteiger partial charge on any atom is 0.0960 e. The fraction of sp³-hybridized carbons (Fsp3) is 0.391. The third kappa shape index (κ3) is 15.1. The zero-order chi connectivity index (χ0) is 20.7. The Morgan fingerprint density at radius 2 is 1.40 bits per heavy atom. The van der Waals surface area contributed by atoms with Crippen molar-refractivity contribution in [3.8, 4) is 0 Å². The number of aliphatic imine (C=N–C) groups is 2. The molecule has 0 atom stereocenters. The van der Waals surface area contributed by atoms with E-state index in [-0.39, 0.29) is 0 Å². The van der Waals surface area contributed by atoms with Crippen LogP contribution in [0.2, 0.25) is 0 Å². The molecule has 0 N–H and O–H groups in total. The fourth-order valence-electron chi connectivity index (χ4n) is 1.54. The molecule has 0 aromatic carbocycles. The Balaban J connectivity index is -0.000000329. The lowest BCUT2D eigenvalue weighted by Gasteiger charge is -2.09. The largest absolute Gasteiger partial charge is 0.259 e. The zero-order valence-corrected chi connectivity index (χ0v) is 18.1. The van der Waals surface area contributed by atoms with Gasteiger partial charge < -0.3 is 0 Å². The Kier molecular flexibility index (Phi) is 32.7. The van der Waals surface area contributed by atoms with Crippen LogP contribution in [0.5, 0.6) is 0 Å². The highest BCUT2D eigenvalue weighted by Crippen LogP contribution is 2.17. The van der Waals surface area contributed by atoms with Crippen molar-refractivity contribution in [3.05, 3.63) is 73.2 Å². The van der Waals surface area contributed by atoms with Gasteiger partial charge in [0.15, 0.2) is 0 Å². The molecule has 0 heterocycles. The fourth-order valence-corrected chi connectivity index (χ4v) is 1.54. The Hall–Kier alpha value is -2.22. The summed E-state index contributed by atoms with van der Waals surface area (Å²) in [4.78, 5) is 8.74. The van der Waals surface area contributed by atoms with Crippen LogP contribution in [0.25, 0.3) is 0 Å². The van der Waals surface area contributed by atoms with E-state index in [0.717, 1.165) is 22.6 Å². The number of rotatable bonds is 7. The molecule has 142 valence electrons. The SMILES string of the molecule is C=C/C=C(/C=C)C(=NC=C)/C(N=CC)=C(C)/C=C\C.CC.CC.CC. The van der Waals surface area contributed by atoms with Crippen molar-refractivity contribution in [1.29, 1.82) is 0 Å². The Bertz CT molecular complexity index is 484. The second kappa shape index (κ2) is 26.7. The van der Waals surface area contributed by atoms with Crippen molar-refractivity contribution >= 4 is 11.9 Å². The van der Waals surface area contributed by atoms with E-state index < -0.39 is 0 Å². The lowest BCUT2D eigenvalue weighted by molar-refractivity contribution is 1.33. The highest BCUT2D eigenvalue weighted by molar-refractivity contribution is 6.15. The van der Waals surface area contributed by atoms with Crippen LogP contribution in [0, 0.1) is 0 Å². The van der Waals surface area contributed by atoms with E-state index in [1.54, 1.807) is 18.4 Å². The standard InChI is InChI=1S/C17H22N2.3C2H6/c1-7-12-14(6)16(18-10-4)17(19-11-5)15(9-3)13-8-2;3*1-2/h7-13H,2-3,5H2,1,4,6H3;3*1-2H3/b12-7-,15-13-,16-14-,18-10?,19-17?;;;. The van der Waals surface area contributed by atoms with Crippen LogP contribution in [-0.4, -0.2) is 11.9 Å². The molecule has 0 saturated heterocycles. The number of hydrogen-bond donors (Lipinski definition) is 0. The summed E-state index contributed by atoms with van der Waals surface area (Å²) >= 11 is 0. The molecule has 0 radical (unpaired) electrons. The van der Waals surface area contributed by atoms with Crippen LogP contribution in [0.3, 0.4) is 0 Å². The summed E-state index contributed by atoms with van der Waals surface area (Å²) < 4.78 is 0. The molecule has 0 saturated carbocycles. The van der Waals surface area contributed by atoms with Gasteiger partial charge in [0.05, 0.1) is 11.4 Å². The van der Waals surface area contributed by atoms with Crippen molar-refractivity contribution in [2.45, 2.75) is 62.3 Å². The van der Waals surface area contributed by atoms with Gasteiger partial charge in [-0.05, 0) is 26.3 Å². The van der Waals surface area contributed by atoms with Gasteiger partial charge in [-0.25, -0.2) is 0 Å². The quantitative estimate of drug-likeness (QED) is 0.331. The van der Waals surface area contributed by atoms with E-state index in [0.29, 0.717) is 0 Å². The molecule has 0 rings (SSSR count). The zero-order valence-electron chi connectivity index (χ0n) is 18.1. The molecule has 0 amide bonds. The summed E-state index contributed by atoms with van der Waals surface area (Å²) in [6.45, 7) is 29.0. The number of allylic oxidation sites excluding steroid dienone is 7. The molecule has 0 aromatic rings. The van der Waals surface area contributed by atoms with Crippen LogP contribution in [-0.2, 0) is 0 Å². The predicted octanol–water partition coefficient (Wildman–Crippen LogP) is 7.89. The average Bonchev–Trinajstić information content (AvgIpc) is 2.68. The van der Waals surface area contributed by atoms with E-state index in [9.17, 15) is 0 Å². The van der Waals surface area contributed by atoms with Crippen LogP contribution >= 0.6 is 0 Å². The van der Waals surface area contributed by atoms with Gasteiger partial charge in [-0.15, -0.1) is 0 Å². The van der Waals surface area contributed by atoms with Gasteiger partial charge in [-0.3, -0.25) is 9.98 Å². The molecule has 0 fully saturated rings. The molecule has 0 aromatic heterocycles. The highest BCUT2D eigenvalue weighted by atomic mass is 14.8. The molecular formula is C23H40N2. The van der Waals surface area contributed by atoms with Crippen molar-refractivity contribution < 1.29 is 0 Å². The van der Waals surface area contributed by atoms with Crippen molar-refractivity contribution in [3.63, 3.8) is 0 Å². The maximum atomic E-state index is 4.41. The molecule has 0 aliphatic rings. The van der Waals surface area contributed by atoms with Crippen LogP contribution < -0.4 is 0 Å². The van der Waals surface area contributed by atoms with Gasteiger partial charge in [0.25, 0.3) is 0 Å². The van der Waals surface area contributed by atoms with Gasteiger partial charge in [0, 0.05) is 18.0 Å². The van der Waals surface area contributed by atoms with Crippen LogP contribution in [0.15, 0.2) is 83.1 Å². The second-order valence-electron chi connectivity index (χ2n) is 3.64. The third-order valence-electron chi connectivity index (χ3n) is 2.28. The summed E-state index contributed by atoms with van der Waals surface area (Å²) in [5.41, 5.74) is 3.42. The molecule has 25 heavy (non-hydrogen) atoms. The van der Waals surface area contributed by atoms with Gasteiger partial charge in [0.1, 0.15) is 0 Å². The van der Waals surface area contributed by atoms with Crippen LogP contribution in [0.1, 0.15) is 62.3 Å². The van der Waals surface area contributed by atoms with Gasteiger partial charge in [0.2, 0.25) is 0 Å². The van der Waals surface area contributed by atoms with E-state index in [4.69, 9.17) is 0 Å². The topological polar surface area (TPSA) is 24.7 Å². The molecule has 2 nitrogen and oxygen atoms in total. The van der Waals surface area contributed by atoms with Crippen molar-refractivity contribution in [2.75, 3.05) is 0 Å². The molecule has 2 heteroatoms. The minimum absolute atomic E-state index is 0.735. The first-order valence-corrected chi connectivity index (χ1v) is 9.13. The Morgan fingerprint density at radius 1 is 0.880 bits per heavy atom. The average molecular weight is 345 g/mol. The highest BCUT2D eigenvalue weighted by Gasteiger charge is 2.10. The van der Waals surface area contributed by atoms with Crippen molar-refractivity contribution in [1.82, 2.24) is 0 Å². The summed E-state index contributed by atoms with van der Waals surface area (Å²) in [5.74, 6) is 0. The molecule has 0 unspecified atom stereocenters. The third-order valence-corrected chi connectivity index (χ3v) is 2.28. The van der Waals surface area contributed by atoms with Gasteiger partial charge in [-0.2, -0.15) is 0 Å². The van der Waals surface area contributed by atoms with Crippen molar-refractivity contribution in [2.24, 2.45) is 9.98 Å². The number of nitrogens with zero attached hydrogens (tertiary/aromatic N) is 2. The van der Waals surface area contributed by atoms with E-state index >= 15 is 0 Å². The van der Waals surface area contributed by atoms with E-state index in [2.05, 4.69) is 29.7 Å². The monoisotopic (exact) mass is 344 g/mol. The predicted molar refractivity (Wildman–Crippen MR) is 122 cm³/mol. The summed E-state index contributed by atoms with van der Waals surface area (Å²) in [7, 11) is 0.